The van der Waals surface area contributed by atoms with E-state index in [1.54, 1.807) is 0 Å². The van der Waals surface area contributed by atoms with Crippen LogP contribution in [0, 0.1) is 10.8 Å². The second-order valence-corrected chi connectivity index (χ2v) is 5.99. The molecule has 2 saturated heterocycles. The minimum Gasteiger partial charge on any atom is -0.374 e. The van der Waals surface area contributed by atoms with Crippen LogP contribution < -0.4 is 5.32 Å². The molecule has 0 radical (unpaired) electrons. The summed E-state index contributed by atoms with van der Waals surface area (Å²) in [7, 11) is 0. The first-order valence-electron chi connectivity index (χ1n) is 5.54. The average Bonchev–Trinajstić information content (AvgIpc) is 1.99. The Kier molecular flexibility index (Phi) is 2.15. The van der Waals surface area contributed by atoms with Gasteiger partial charge in [-0.25, -0.2) is 0 Å². The third kappa shape index (κ3) is 1.68. The molecule has 2 heteroatoms. The molecule has 1 N–H and O–H groups in total. The molecule has 2 aliphatic heterocycles. The lowest BCUT2D eigenvalue weighted by Gasteiger charge is -2.54. The summed E-state index contributed by atoms with van der Waals surface area (Å²) in [5.41, 5.74) is 2.12. The average molecular weight is 194 g/mol. The van der Waals surface area contributed by atoms with Crippen molar-refractivity contribution >= 4 is 0 Å². The second-order valence-electron chi connectivity index (χ2n) is 5.99. The summed E-state index contributed by atoms with van der Waals surface area (Å²) >= 11 is 0. The maximum atomic E-state index is 4.07. The van der Waals surface area contributed by atoms with Crippen molar-refractivity contribution in [2.24, 2.45) is 10.8 Å². The van der Waals surface area contributed by atoms with Crippen molar-refractivity contribution in [2.75, 3.05) is 26.2 Å². The minimum atomic E-state index is 0.449. The topological polar surface area (TPSA) is 15.3 Å². The Balaban J connectivity index is 2.20. The summed E-state index contributed by atoms with van der Waals surface area (Å²) in [4.78, 5) is 2.46. The molecule has 14 heavy (non-hydrogen) atoms. The molecule has 0 aromatic carbocycles. The molecule has 0 amide bonds. The van der Waals surface area contributed by atoms with Crippen LogP contribution >= 0.6 is 0 Å². The smallest absolute Gasteiger partial charge is 0.0241 e. The van der Waals surface area contributed by atoms with Crippen molar-refractivity contribution in [1.82, 2.24) is 10.2 Å². The van der Waals surface area contributed by atoms with E-state index >= 15 is 0 Å². The van der Waals surface area contributed by atoms with E-state index < -0.39 is 0 Å². The number of piperidine rings is 2. The molecule has 2 nitrogen and oxygen atoms in total. The summed E-state index contributed by atoms with van der Waals surface area (Å²) in [6.45, 7) is 15.7. The van der Waals surface area contributed by atoms with Crippen molar-refractivity contribution in [3.05, 3.63) is 12.3 Å². The SMILES string of the molecule is C=C(C)N1CC2(C)CNCC(C)(C1)C2. The van der Waals surface area contributed by atoms with Gasteiger partial charge in [-0.3, -0.25) is 0 Å². The zero-order valence-electron chi connectivity index (χ0n) is 9.69. The summed E-state index contributed by atoms with van der Waals surface area (Å²) in [5, 5.41) is 3.57. The molecule has 2 aliphatic rings. The fraction of sp³-hybridized carbons (Fsp3) is 0.833. The third-order valence-corrected chi connectivity index (χ3v) is 3.64. The van der Waals surface area contributed by atoms with Crippen molar-refractivity contribution < 1.29 is 0 Å². The van der Waals surface area contributed by atoms with Gasteiger partial charge in [0.25, 0.3) is 0 Å². The zero-order valence-corrected chi connectivity index (χ0v) is 9.69. The number of hydrogen-bond acceptors (Lipinski definition) is 2. The number of rotatable bonds is 1. The fourth-order valence-electron chi connectivity index (χ4n) is 3.29. The van der Waals surface area contributed by atoms with Crippen molar-refractivity contribution in [3.8, 4) is 0 Å². The molecule has 2 heterocycles. The van der Waals surface area contributed by atoms with Crippen LogP contribution in [0.3, 0.4) is 0 Å². The molecule has 0 saturated carbocycles. The first-order chi connectivity index (χ1) is 6.43. The predicted molar refractivity (Wildman–Crippen MR) is 60.1 cm³/mol. The monoisotopic (exact) mass is 194 g/mol. The lowest BCUT2D eigenvalue weighted by molar-refractivity contribution is -0.00348. The molecule has 2 unspecified atom stereocenters. The number of nitrogens with zero attached hydrogens (tertiary/aromatic N) is 1. The quantitative estimate of drug-likeness (QED) is 0.685. The molecule has 0 spiro atoms. The largest absolute Gasteiger partial charge is 0.374 e. The Morgan fingerprint density at radius 3 is 2.14 bits per heavy atom. The Morgan fingerprint density at radius 2 is 1.71 bits per heavy atom. The standard InChI is InChI=1S/C12H22N2/c1-10(2)14-8-11(3)5-12(4,9-14)7-13-6-11/h13H,1,5-9H2,2-4H3. The number of nitrogens with one attached hydrogen (secondary N) is 1. The van der Waals surface area contributed by atoms with Gasteiger partial charge in [0.2, 0.25) is 0 Å². The van der Waals surface area contributed by atoms with Crippen LogP contribution in [0.2, 0.25) is 0 Å². The van der Waals surface area contributed by atoms with Crippen molar-refractivity contribution in [3.63, 3.8) is 0 Å². The molecular weight excluding hydrogens is 172 g/mol. The Morgan fingerprint density at radius 1 is 1.21 bits per heavy atom. The highest BCUT2D eigenvalue weighted by Gasteiger charge is 2.45. The molecule has 2 atom stereocenters. The van der Waals surface area contributed by atoms with Gasteiger partial charge >= 0.3 is 0 Å². The Labute approximate surface area is 87.4 Å². The van der Waals surface area contributed by atoms with Crippen LogP contribution in [-0.2, 0) is 0 Å². The maximum Gasteiger partial charge on any atom is 0.0241 e. The molecule has 0 aliphatic carbocycles. The summed E-state index contributed by atoms with van der Waals surface area (Å²) < 4.78 is 0. The van der Waals surface area contributed by atoms with Crippen LogP contribution in [0.15, 0.2) is 12.3 Å². The van der Waals surface area contributed by atoms with E-state index in [9.17, 15) is 0 Å². The number of hydrogen-bond donors (Lipinski definition) is 1. The van der Waals surface area contributed by atoms with Gasteiger partial charge in [0.1, 0.15) is 0 Å². The zero-order chi connectivity index (χ0) is 10.4. The van der Waals surface area contributed by atoms with E-state index in [4.69, 9.17) is 0 Å². The molecule has 2 rings (SSSR count). The van der Waals surface area contributed by atoms with Crippen LogP contribution in [0.25, 0.3) is 0 Å². The van der Waals surface area contributed by atoms with Crippen molar-refractivity contribution in [1.29, 1.82) is 0 Å². The van der Waals surface area contributed by atoms with Gasteiger partial charge in [-0.05, 0) is 24.2 Å². The highest BCUT2D eigenvalue weighted by Crippen LogP contribution is 2.43. The molecule has 80 valence electrons. The first-order valence-corrected chi connectivity index (χ1v) is 5.54. The van der Waals surface area contributed by atoms with Gasteiger partial charge in [-0.1, -0.05) is 20.4 Å². The van der Waals surface area contributed by atoms with E-state index in [1.807, 2.05) is 0 Å². The summed E-state index contributed by atoms with van der Waals surface area (Å²) in [5.74, 6) is 0. The molecule has 0 aromatic rings. The van der Waals surface area contributed by atoms with Gasteiger partial charge in [0.15, 0.2) is 0 Å². The van der Waals surface area contributed by atoms with Crippen molar-refractivity contribution in [2.45, 2.75) is 27.2 Å². The van der Waals surface area contributed by atoms with Gasteiger partial charge < -0.3 is 10.2 Å². The van der Waals surface area contributed by atoms with E-state index in [1.165, 1.54) is 25.2 Å². The van der Waals surface area contributed by atoms with Gasteiger partial charge in [-0.2, -0.15) is 0 Å². The first kappa shape index (κ1) is 10.0. The molecular formula is C12H22N2. The number of fused-ring (bicyclic) bond motifs is 2. The normalized spacial score (nSPS) is 42.4. The van der Waals surface area contributed by atoms with E-state index in [2.05, 4.69) is 37.6 Å². The summed E-state index contributed by atoms with van der Waals surface area (Å²) in [6.07, 6.45) is 1.36. The van der Waals surface area contributed by atoms with E-state index in [-0.39, 0.29) is 0 Å². The highest BCUT2D eigenvalue weighted by molar-refractivity contribution is 5.05. The van der Waals surface area contributed by atoms with Crippen LogP contribution in [0.4, 0.5) is 0 Å². The number of likely N-dealkylation sites (tertiary alicyclic amines) is 1. The van der Waals surface area contributed by atoms with Crippen LogP contribution in [0.5, 0.6) is 0 Å². The fourth-order valence-corrected chi connectivity index (χ4v) is 3.29. The second kappa shape index (κ2) is 2.99. The Hall–Kier alpha value is -0.500. The predicted octanol–water partition coefficient (Wildman–Crippen LogP) is 1.84. The van der Waals surface area contributed by atoms with E-state index in [0.717, 1.165) is 13.1 Å². The molecule has 0 aromatic heterocycles. The Bertz CT molecular complexity index is 243. The van der Waals surface area contributed by atoms with Gasteiger partial charge in [0, 0.05) is 31.9 Å². The molecule has 2 bridgehead atoms. The molecule has 2 fully saturated rings. The maximum absolute atomic E-state index is 4.07. The summed E-state index contributed by atoms with van der Waals surface area (Å²) in [6, 6.07) is 0. The number of allylic oxidation sites excluding steroid dienone is 1. The van der Waals surface area contributed by atoms with Gasteiger partial charge in [0.05, 0.1) is 0 Å². The van der Waals surface area contributed by atoms with Gasteiger partial charge in [-0.15, -0.1) is 0 Å². The highest BCUT2D eigenvalue weighted by atomic mass is 15.2. The van der Waals surface area contributed by atoms with Crippen LogP contribution in [-0.4, -0.2) is 31.1 Å². The van der Waals surface area contributed by atoms with E-state index in [0.29, 0.717) is 10.8 Å². The lowest BCUT2D eigenvalue weighted by Crippen LogP contribution is -2.60. The third-order valence-electron chi connectivity index (χ3n) is 3.64. The minimum absolute atomic E-state index is 0.449. The van der Waals surface area contributed by atoms with Crippen LogP contribution in [0.1, 0.15) is 27.2 Å². The lowest BCUT2D eigenvalue weighted by atomic mass is 9.66.